The molecule has 0 aromatic heterocycles. The molecule has 1 atom stereocenters. The molecule has 1 unspecified atom stereocenters. The minimum absolute atomic E-state index is 0.220. The Hall–Kier alpha value is -1.75. The van der Waals surface area contributed by atoms with Crippen molar-refractivity contribution in [3.05, 3.63) is 29.8 Å². The normalized spacial score (nSPS) is 24.4. The molecule has 0 spiro atoms. The zero-order valence-corrected chi connectivity index (χ0v) is 11.5. The molecule has 3 rings (SSSR count). The van der Waals surface area contributed by atoms with Gasteiger partial charge >= 0.3 is 0 Å². The Labute approximate surface area is 119 Å². The van der Waals surface area contributed by atoms with E-state index in [4.69, 9.17) is 15.7 Å². The summed E-state index contributed by atoms with van der Waals surface area (Å²) in [5, 5.41) is 11.8. The van der Waals surface area contributed by atoms with Crippen molar-refractivity contribution in [2.24, 2.45) is 16.8 Å². The standard InChI is InChI=1S/C15H21N3O2/c16-15(17-19)11-5-7-18(8-6-11)10-13-9-12-3-1-2-4-14(12)20-13/h1-4,11,13,19H,5-10H2,(H2,16,17). The molecule has 3 N–H and O–H groups in total. The Morgan fingerprint density at radius 1 is 1.35 bits per heavy atom. The van der Waals surface area contributed by atoms with Gasteiger partial charge in [0.25, 0.3) is 0 Å². The number of ether oxygens (including phenoxy) is 1. The van der Waals surface area contributed by atoms with Gasteiger partial charge in [-0.1, -0.05) is 23.4 Å². The second-order valence-corrected chi connectivity index (χ2v) is 5.65. The van der Waals surface area contributed by atoms with Crippen LogP contribution in [-0.4, -0.2) is 41.7 Å². The lowest BCUT2D eigenvalue weighted by Crippen LogP contribution is -2.42. The number of nitrogens with zero attached hydrogens (tertiary/aromatic N) is 2. The van der Waals surface area contributed by atoms with E-state index in [0.29, 0.717) is 5.84 Å². The fourth-order valence-electron chi connectivity index (χ4n) is 3.14. The summed E-state index contributed by atoms with van der Waals surface area (Å²) in [7, 11) is 0. The molecule has 2 heterocycles. The molecule has 1 aromatic rings. The molecule has 108 valence electrons. The Bertz CT molecular complexity index is 471. The predicted molar refractivity (Wildman–Crippen MR) is 77.1 cm³/mol. The molecular weight excluding hydrogens is 254 g/mol. The van der Waals surface area contributed by atoms with E-state index in [1.54, 1.807) is 0 Å². The SMILES string of the molecule is NC(=NO)C1CCN(CC2Cc3ccccc3O2)CC1. The first-order valence-corrected chi connectivity index (χ1v) is 7.20. The maximum absolute atomic E-state index is 8.71. The molecule has 5 heteroatoms. The smallest absolute Gasteiger partial charge is 0.142 e. The van der Waals surface area contributed by atoms with Crippen LogP contribution in [0.25, 0.3) is 0 Å². The number of benzene rings is 1. The average Bonchev–Trinajstić information content (AvgIpc) is 2.89. The summed E-state index contributed by atoms with van der Waals surface area (Å²) in [5.74, 6) is 1.62. The lowest BCUT2D eigenvalue weighted by molar-refractivity contribution is 0.126. The summed E-state index contributed by atoms with van der Waals surface area (Å²) in [6, 6.07) is 8.26. The number of amidine groups is 1. The van der Waals surface area contributed by atoms with Crippen LogP contribution in [0.4, 0.5) is 0 Å². The molecule has 2 aliphatic rings. The van der Waals surface area contributed by atoms with Gasteiger partial charge in [0.15, 0.2) is 0 Å². The number of piperidine rings is 1. The van der Waals surface area contributed by atoms with Gasteiger partial charge < -0.3 is 15.7 Å². The first-order chi connectivity index (χ1) is 9.76. The van der Waals surface area contributed by atoms with Crippen LogP contribution in [0, 0.1) is 5.92 Å². The van der Waals surface area contributed by atoms with Crippen LogP contribution in [-0.2, 0) is 6.42 Å². The Morgan fingerprint density at radius 2 is 2.10 bits per heavy atom. The number of rotatable bonds is 3. The molecule has 20 heavy (non-hydrogen) atoms. The summed E-state index contributed by atoms with van der Waals surface area (Å²) < 4.78 is 5.98. The zero-order chi connectivity index (χ0) is 13.9. The number of likely N-dealkylation sites (tertiary alicyclic amines) is 1. The number of para-hydroxylation sites is 1. The summed E-state index contributed by atoms with van der Waals surface area (Å²) in [6.45, 7) is 2.92. The minimum atomic E-state index is 0.220. The zero-order valence-electron chi connectivity index (χ0n) is 11.5. The largest absolute Gasteiger partial charge is 0.488 e. The molecule has 0 amide bonds. The highest BCUT2D eigenvalue weighted by molar-refractivity contribution is 5.82. The summed E-state index contributed by atoms with van der Waals surface area (Å²) in [5.41, 5.74) is 6.98. The van der Waals surface area contributed by atoms with E-state index < -0.39 is 0 Å². The van der Waals surface area contributed by atoms with Crippen molar-refractivity contribution in [3.8, 4) is 5.75 Å². The van der Waals surface area contributed by atoms with Crippen LogP contribution >= 0.6 is 0 Å². The van der Waals surface area contributed by atoms with Crippen molar-refractivity contribution < 1.29 is 9.94 Å². The maximum Gasteiger partial charge on any atom is 0.142 e. The van der Waals surface area contributed by atoms with Crippen molar-refractivity contribution in [1.29, 1.82) is 0 Å². The molecule has 5 nitrogen and oxygen atoms in total. The van der Waals surface area contributed by atoms with E-state index in [0.717, 1.165) is 44.6 Å². The van der Waals surface area contributed by atoms with Crippen LogP contribution in [0.5, 0.6) is 5.75 Å². The molecule has 1 fully saturated rings. The highest BCUT2D eigenvalue weighted by Gasteiger charge is 2.28. The highest BCUT2D eigenvalue weighted by Crippen LogP contribution is 2.29. The summed E-state index contributed by atoms with van der Waals surface area (Å²) in [6.07, 6.45) is 3.16. The number of oxime groups is 1. The van der Waals surface area contributed by atoms with E-state index in [9.17, 15) is 0 Å². The van der Waals surface area contributed by atoms with E-state index in [1.165, 1.54) is 5.56 Å². The van der Waals surface area contributed by atoms with Gasteiger partial charge in [0.1, 0.15) is 17.7 Å². The lowest BCUT2D eigenvalue weighted by atomic mass is 9.95. The fourth-order valence-corrected chi connectivity index (χ4v) is 3.14. The van der Waals surface area contributed by atoms with Crippen molar-refractivity contribution in [2.45, 2.75) is 25.4 Å². The van der Waals surface area contributed by atoms with E-state index in [-0.39, 0.29) is 12.0 Å². The predicted octanol–water partition coefficient (Wildman–Crippen LogP) is 1.45. The number of hydrogen-bond donors (Lipinski definition) is 2. The quantitative estimate of drug-likeness (QED) is 0.379. The van der Waals surface area contributed by atoms with Gasteiger partial charge in [0.05, 0.1) is 0 Å². The van der Waals surface area contributed by atoms with Crippen molar-refractivity contribution >= 4 is 5.84 Å². The number of nitrogens with two attached hydrogens (primary N) is 1. The van der Waals surface area contributed by atoms with Crippen molar-refractivity contribution in [3.63, 3.8) is 0 Å². The first kappa shape index (κ1) is 13.2. The third kappa shape index (κ3) is 2.72. The molecule has 1 aromatic carbocycles. The average molecular weight is 275 g/mol. The molecule has 2 aliphatic heterocycles. The van der Waals surface area contributed by atoms with Gasteiger partial charge in [-0.25, -0.2) is 0 Å². The fraction of sp³-hybridized carbons (Fsp3) is 0.533. The first-order valence-electron chi connectivity index (χ1n) is 7.20. The summed E-state index contributed by atoms with van der Waals surface area (Å²) >= 11 is 0. The lowest BCUT2D eigenvalue weighted by Gasteiger charge is -2.32. The highest BCUT2D eigenvalue weighted by atomic mass is 16.5. The van der Waals surface area contributed by atoms with E-state index in [2.05, 4.69) is 22.2 Å². The molecular formula is C15H21N3O2. The number of fused-ring (bicyclic) bond motifs is 1. The number of hydrogen-bond acceptors (Lipinski definition) is 4. The van der Waals surface area contributed by atoms with Gasteiger partial charge in [-0.2, -0.15) is 0 Å². The third-order valence-electron chi connectivity index (χ3n) is 4.30. The van der Waals surface area contributed by atoms with Gasteiger partial charge in [-0.05, 0) is 37.6 Å². The van der Waals surface area contributed by atoms with Gasteiger partial charge in [-0.3, -0.25) is 4.90 Å². The van der Waals surface area contributed by atoms with Crippen LogP contribution in [0.15, 0.2) is 29.4 Å². The van der Waals surface area contributed by atoms with Crippen LogP contribution in [0.1, 0.15) is 18.4 Å². The molecule has 0 aliphatic carbocycles. The van der Waals surface area contributed by atoms with Crippen LogP contribution in [0.3, 0.4) is 0 Å². The third-order valence-corrected chi connectivity index (χ3v) is 4.30. The molecule has 0 radical (unpaired) electrons. The second-order valence-electron chi connectivity index (χ2n) is 5.65. The van der Waals surface area contributed by atoms with Crippen LogP contribution in [0.2, 0.25) is 0 Å². The van der Waals surface area contributed by atoms with Gasteiger partial charge in [0.2, 0.25) is 0 Å². The Balaban J connectivity index is 1.50. The second kappa shape index (κ2) is 5.71. The molecule has 0 bridgehead atoms. The monoisotopic (exact) mass is 275 g/mol. The van der Waals surface area contributed by atoms with E-state index in [1.807, 2.05) is 12.1 Å². The van der Waals surface area contributed by atoms with E-state index >= 15 is 0 Å². The topological polar surface area (TPSA) is 71.1 Å². The Kier molecular flexibility index (Phi) is 3.78. The van der Waals surface area contributed by atoms with Gasteiger partial charge in [-0.15, -0.1) is 0 Å². The van der Waals surface area contributed by atoms with Crippen molar-refractivity contribution in [2.75, 3.05) is 19.6 Å². The summed E-state index contributed by atoms with van der Waals surface area (Å²) in [4.78, 5) is 2.41. The van der Waals surface area contributed by atoms with Crippen LogP contribution < -0.4 is 10.5 Å². The molecule has 1 saturated heterocycles. The minimum Gasteiger partial charge on any atom is -0.488 e. The van der Waals surface area contributed by atoms with Crippen molar-refractivity contribution in [1.82, 2.24) is 4.90 Å². The molecule has 0 saturated carbocycles. The maximum atomic E-state index is 8.71. The van der Waals surface area contributed by atoms with Gasteiger partial charge in [0, 0.05) is 18.9 Å². The Morgan fingerprint density at radius 3 is 2.80 bits per heavy atom.